The van der Waals surface area contributed by atoms with Gasteiger partial charge in [-0.15, -0.1) is 0 Å². The summed E-state index contributed by atoms with van der Waals surface area (Å²) in [6.07, 6.45) is 14.5. The van der Waals surface area contributed by atoms with Gasteiger partial charge in [-0.2, -0.15) is 0 Å². The Morgan fingerprint density at radius 3 is 2.00 bits per heavy atom. The van der Waals surface area contributed by atoms with Crippen molar-refractivity contribution in [3.63, 3.8) is 0 Å². The number of aryl methyl sites for hydroxylation is 1. The zero-order chi connectivity index (χ0) is 17.5. The number of phenolic OH excluding ortho intramolecular Hbond substituents is 2. The number of unbranched alkanes of at least 4 members (excludes halogenated alkanes) is 9. The van der Waals surface area contributed by atoms with Crippen LogP contribution in [0.5, 0.6) is 11.5 Å². The van der Waals surface area contributed by atoms with Crippen molar-refractivity contribution >= 4 is 0 Å². The van der Waals surface area contributed by atoms with Crippen LogP contribution in [-0.2, 0) is 11.2 Å². The van der Waals surface area contributed by atoms with Crippen molar-refractivity contribution in [1.82, 2.24) is 0 Å². The summed E-state index contributed by atoms with van der Waals surface area (Å²) in [5.41, 5.74) is 0.855. The van der Waals surface area contributed by atoms with Gasteiger partial charge in [0.25, 0.3) is 0 Å². The van der Waals surface area contributed by atoms with Gasteiger partial charge in [0.1, 0.15) is 0 Å². The molecule has 2 N–H and O–H groups in total. The second-order valence-corrected chi connectivity index (χ2v) is 6.68. The second kappa shape index (κ2) is 14.2. The highest BCUT2D eigenvalue weighted by Crippen LogP contribution is 2.29. The van der Waals surface area contributed by atoms with Gasteiger partial charge in [-0.25, -0.2) is 0 Å². The molecule has 0 amide bonds. The van der Waals surface area contributed by atoms with Crippen LogP contribution in [0.25, 0.3) is 0 Å². The van der Waals surface area contributed by atoms with Crippen LogP contribution >= 0.6 is 0 Å². The van der Waals surface area contributed by atoms with Crippen LogP contribution in [0.4, 0.5) is 0 Å². The van der Waals surface area contributed by atoms with E-state index in [9.17, 15) is 10.2 Å². The van der Waals surface area contributed by atoms with Gasteiger partial charge >= 0.3 is 0 Å². The second-order valence-electron chi connectivity index (χ2n) is 6.68. The molecule has 0 aliphatic carbocycles. The van der Waals surface area contributed by atoms with Gasteiger partial charge in [-0.05, 0) is 37.3 Å². The van der Waals surface area contributed by atoms with E-state index in [0.29, 0.717) is 0 Å². The lowest BCUT2D eigenvalue weighted by atomic mass is 10.0. The first-order chi connectivity index (χ1) is 11.8. The molecule has 1 rings (SSSR count). The zero-order valence-corrected chi connectivity index (χ0v) is 15.4. The first kappa shape index (κ1) is 20.8. The van der Waals surface area contributed by atoms with Gasteiger partial charge in [-0.3, -0.25) is 0 Å². The highest BCUT2D eigenvalue weighted by atomic mass is 16.5. The maximum absolute atomic E-state index is 9.74. The van der Waals surface area contributed by atoms with Gasteiger partial charge in [0, 0.05) is 13.2 Å². The number of rotatable bonds is 15. The van der Waals surface area contributed by atoms with Crippen molar-refractivity contribution in [2.45, 2.75) is 84.0 Å². The maximum atomic E-state index is 9.74. The van der Waals surface area contributed by atoms with Crippen molar-refractivity contribution in [3.05, 3.63) is 23.8 Å². The summed E-state index contributed by atoms with van der Waals surface area (Å²) in [6, 6.07) is 5.20. The van der Waals surface area contributed by atoms with Crippen LogP contribution in [0.1, 0.15) is 83.1 Å². The molecule has 0 unspecified atom stereocenters. The average Bonchev–Trinajstić information content (AvgIpc) is 2.58. The van der Waals surface area contributed by atoms with Crippen molar-refractivity contribution in [1.29, 1.82) is 0 Å². The fourth-order valence-corrected chi connectivity index (χ4v) is 2.92. The molecule has 3 nitrogen and oxygen atoms in total. The Labute approximate surface area is 148 Å². The average molecular weight is 337 g/mol. The van der Waals surface area contributed by atoms with E-state index in [4.69, 9.17) is 4.74 Å². The van der Waals surface area contributed by atoms with Crippen LogP contribution in [0.3, 0.4) is 0 Å². The van der Waals surface area contributed by atoms with Crippen molar-refractivity contribution in [2.75, 3.05) is 13.2 Å². The Balaban J connectivity index is 1.85. The fourth-order valence-electron chi connectivity index (χ4n) is 2.92. The molecule has 1 aromatic rings. The van der Waals surface area contributed by atoms with E-state index in [-0.39, 0.29) is 11.5 Å². The number of aromatic hydroxyl groups is 2. The van der Waals surface area contributed by atoms with E-state index in [1.807, 2.05) is 6.07 Å². The molecule has 138 valence electrons. The van der Waals surface area contributed by atoms with E-state index in [1.165, 1.54) is 70.3 Å². The van der Waals surface area contributed by atoms with Crippen LogP contribution in [0.2, 0.25) is 0 Å². The van der Waals surface area contributed by atoms with Crippen molar-refractivity contribution in [3.8, 4) is 11.5 Å². The highest BCUT2D eigenvalue weighted by Gasteiger charge is 2.04. The normalized spacial score (nSPS) is 11.0. The lowest BCUT2D eigenvalue weighted by molar-refractivity contribution is 0.126. The number of benzene rings is 1. The molecular weight excluding hydrogens is 300 g/mol. The standard InChI is InChI=1S/C21H36O3/c1-2-3-11-17-24-18-12-9-7-5-4-6-8-10-14-19-15-13-16-20(22)21(19)23/h13,15-16,22-23H,2-12,14,17-18H2,1H3. The molecule has 0 radical (unpaired) electrons. The lowest BCUT2D eigenvalue weighted by Gasteiger charge is -2.06. The molecule has 24 heavy (non-hydrogen) atoms. The molecule has 0 atom stereocenters. The maximum Gasteiger partial charge on any atom is 0.160 e. The highest BCUT2D eigenvalue weighted by molar-refractivity contribution is 5.44. The summed E-state index contributed by atoms with van der Waals surface area (Å²) < 4.78 is 5.62. The number of para-hydroxylation sites is 1. The summed E-state index contributed by atoms with van der Waals surface area (Å²) in [4.78, 5) is 0. The minimum Gasteiger partial charge on any atom is -0.504 e. The summed E-state index contributed by atoms with van der Waals surface area (Å²) in [5, 5.41) is 19.2. The topological polar surface area (TPSA) is 49.7 Å². The number of hydrogen-bond donors (Lipinski definition) is 2. The van der Waals surface area contributed by atoms with Gasteiger partial charge in [0.15, 0.2) is 11.5 Å². The molecule has 0 aliphatic heterocycles. The molecule has 0 fully saturated rings. The van der Waals surface area contributed by atoms with Crippen LogP contribution in [-0.4, -0.2) is 23.4 Å². The molecule has 0 spiro atoms. The first-order valence-corrected chi connectivity index (χ1v) is 9.83. The predicted octanol–water partition coefficient (Wildman–Crippen LogP) is 5.97. The molecule has 0 aromatic heterocycles. The summed E-state index contributed by atoms with van der Waals surface area (Å²) in [5.74, 6) is 0.0382. The van der Waals surface area contributed by atoms with E-state index in [0.717, 1.165) is 31.6 Å². The third kappa shape index (κ3) is 9.82. The van der Waals surface area contributed by atoms with Crippen LogP contribution < -0.4 is 0 Å². The molecule has 1 aromatic carbocycles. The Morgan fingerprint density at radius 2 is 1.33 bits per heavy atom. The molecule has 0 saturated carbocycles. The number of ether oxygens (including phenoxy) is 1. The Bertz CT molecular complexity index is 418. The van der Waals surface area contributed by atoms with Gasteiger partial charge in [0.2, 0.25) is 0 Å². The smallest absolute Gasteiger partial charge is 0.160 e. The van der Waals surface area contributed by atoms with Crippen LogP contribution in [0, 0.1) is 0 Å². The van der Waals surface area contributed by atoms with E-state index in [1.54, 1.807) is 6.07 Å². The van der Waals surface area contributed by atoms with E-state index >= 15 is 0 Å². The Morgan fingerprint density at radius 1 is 0.750 bits per heavy atom. The van der Waals surface area contributed by atoms with Gasteiger partial charge < -0.3 is 14.9 Å². The minimum absolute atomic E-state index is 0.0122. The Kier molecular flexibility index (Phi) is 12.3. The first-order valence-electron chi connectivity index (χ1n) is 9.83. The largest absolute Gasteiger partial charge is 0.504 e. The number of phenols is 2. The fraction of sp³-hybridized carbons (Fsp3) is 0.714. The molecule has 3 heteroatoms. The third-order valence-corrected chi connectivity index (χ3v) is 4.48. The molecule has 0 saturated heterocycles. The van der Waals surface area contributed by atoms with Crippen molar-refractivity contribution < 1.29 is 14.9 Å². The third-order valence-electron chi connectivity index (χ3n) is 4.48. The predicted molar refractivity (Wildman–Crippen MR) is 101 cm³/mol. The van der Waals surface area contributed by atoms with Gasteiger partial charge in [-0.1, -0.05) is 70.4 Å². The monoisotopic (exact) mass is 336 g/mol. The van der Waals surface area contributed by atoms with Gasteiger partial charge in [0.05, 0.1) is 0 Å². The number of hydrogen-bond acceptors (Lipinski definition) is 3. The zero-order valence-electron chi connectivity index (χ0n) is 15.4. The molecule has 0 bridgehead atoms. The molecule has 0 aliphatic rings. The quantitative estimate of drug-likeness (QED) is 0.306. The summed E-state index contributed by atoms with van der Waals surface area (Å²) in [7, 11) is 0. The lowest BCUT2D eigenvalue weighted by Crippen LogP contribution is -1.96. The van der Waals surface area contributed by atoms with Crippen molar-refractivity contribution in [2.24, 2.45) is 0 Å². The Hall–Kier alpha value is -1.22. The molecular formula is C21H36O3. The van der Waals surface area contributed by atoms with E-state index < -0.39 is 0 Å². The SMILES string of the molecule is CCCCCOCCCCCCCCCCc1cccc(O)c1O. The minimum atomic E-state index is -0.0122. The van der Waals surface area contributed by atoms with Crippen LogP contribution in [0.15, 0.2) is 18.2 Å². The summed E-state index contributed by atoms with van der Waals surface area (Å²) in [6.45, 7) is 4.08. The van der Waals surface area contributed by atoms with E-state index in [2.05, 4.69) is 6.92 Å². The summed E-state index contributed by atoms with van der Waals surface area (Å²) >= 11 is 0. The molecule has 0 heterocycles.